The Morgan fingerprint density at radius 1 is 1.25 bits per heavy atom. The van der Waals surface area contributed by atoms with Crippen molar-refractivity contribution in [3.63, 3.8) is 0 Å². The summed E-state index contributed by atoms with van der Waals surface area (Å²) in [6.07, 6.45) is 5.91. The fraction of sp³-hybridized carbons (Fsp3) is 0.682. The van der Waals surface area contributed by atoms with Gasteiger partial charge in [0.1, 0.15) is 5.75 Å². The van der Waals surface area contributed by atoms with Crippen molar-refractivity contribution < 1.29 is 14.3 Å². The number of nitrogens with zero attached hydrogens (tertiary/aromatic N) is 1. The van der Waals surface area contributed by atoms with E-state index in [1.165, 1.54) is 19.3 Å². The van der Waals surface area contributed by atoms with Crippen molar-refractivity contribution in [1.82, 2.24) is 10.2 Å². The molecule has 2 heterocycles. The Hall–Kier alpha value is -1.79. The molecule has 6 nitrogen and oxygen atoms in total. The van der Waals surface area contributed by atoms with Crippen molar-refractivity contribution in [3.05, 3.63) is 23.8 Å². The Labute approximate surface area is 168 Å². The average molecular weight is 388 g/mol. The van der Waals surface area contributed by atoms with Crippen molar-refractivity contribution in [2.75, 3.05) is 38.2 Å². The SMILES string of the molecule is CC(C)CNC(=O)c1ccc2c(c1)NC1(CCCCC1)C(N1CCOCC1)O2. The second-order valence-electron chi connectivity index (χ2n) is 8.78. The Kier molecular flexibility index (Phi) is 5.78. The number of ether oxygens (including phenoxy) is 2. The summed E-state index contributed by atoms with van der Waals surface area (Å²) in [5, 5.41) is 6.84. The Bertz CT molecular complexity index is 694. The van der Waals surface area contributed by atoms with Crippen LogP contribution in [0.3, 0.4) is 0 Å². The molecule has 0 aromatic heterocycles. The molecule has 1 aromatic carbocycles. The molecule has 2 aliphatic heterocycles. The number of anilines is 1. The van der Waals surface area contributed by atoms with Gasteiger partial charge in [-0.15, -0.1) is 0 Å². The highest BCUT2D eigenvalue weighted by atomic mass is 16.5. The largest absolute Gasteiger partial charge is 0.470 e. The molecule has 4 rings (SSSR count). The number of hydrogen-bond donors (Lipinski definition) is 2. The van der Waals surface area contributed by atoms with Crippen LogP contribution < -0.4 is 15.4 Å². The molecule has 28 heavy (non-hydrogen) atoms. The average Bonchev–Trinajstić information content (AvgIpc) is 2.72. The summed E-state index contributed by atoms with van der Waals surface area (Å²) in [5.41, 5.74) is 1.55. The lowest BCUT2D eigenvalue weighted by molar-refractivity contribution is -0.0864. The number of amides is 1. The van der Waals surface area contributed by atoms with Gasteiger partial charge in [-0.1, -0.05) is 33.1 Å². The summed E-state index contributed by atoms with van der Waals surface area (Å²) in [6.45, 7) is 8.21. The smallest absolute Gasteiger partial charge is 0.251 e. The van der Waals surface area contributed by atoms with Crippen LogP contribution in [0, 0.1) is 5.92 Å². The molecule has 0 bridgehead atoms. The highest BCUT2D eigenvalue weighted by molar-refractivity contribution is 5.95. The Morgan fingerprint density at radius 2 is 2.00 bits per heavy atom. The monoisotopic (exact) mass is 387 g/mol. The Balaban J connectivity index is 1.59. The summed E-state index contributed by atoms with van der Waals surface area (Å²) in [7, 11) is 0. The topological polar surface area (TPSA) is 62.8 Å². The fourth-order valence-corrected chi connectivity index (χ4v) is 4.62. The number of fused-ring (bicyclic) bond motifs is 1. The molecule has 1 aromatic rings. The summed E-state index contributed by atoms with van der Waals surface area (Å²) in [5.74, 6) is 1.25. The third-order valence-corrected chi connectivity index (χ3v) is 6.13. The lowest BCUT2D eigenvalue weighted by atomic mass is 9.78. The van der Waals surface area contributed by atoms with E-state index in [0.29, 0.717) is 18.0 Å². The highest BCUT2D eigenvalue weighted by Gasteiger charge is 2.48. The van der Waals surface area contributed by atoms with Crippen LogP contribution in [0.1, 0.15) is 56.3 Å². The van der Waals surface area contributed by atoms with Crippen molar-refractivity contribution in [2.24, 2.45) is 5.92 Å². The van der Waals surface area contributed by atoms with Crippen molar-refractivity contribution in [2.45, 2.75) is 57.7 Å². The lowest BCUT2D eigenvalue weighted by Crippen LogP contribution is -2.64. The minimum Gasteiger partial charge on any atom is -0.470 e. The number of carbonyl (C=O) groups is 1. The van der Waals surface area contributed by atoms with Crippen LogP contribution in [0.2, 0.25) is 0 Å². The van der Waals surface area contributed by atoms with Gasteiger partial charge in [0.25, 0.3) is 5.91 Å². The van der Waals surface area contributed by atoms with Gasteiger partial charge in [0.15, 0.2) is 6.23 Å². The van der Waals surface area contributed by atoms with Gasteiger partial charge in [0, 0.05) is 25.2 Å². The minimum absolute atomic E-state index is 0.0183. The van der Waals surface area contributed by atoms with Gasteiger partial charge in [-0.05, 0) is 37.0 Å². The van der Waals surface area contributed by atoms with Crippen LogP contribution in [0.5, 0.6) is 5.75 Å². The lowest BCUT2D eigenvalue weighted by Gasteiger charge is -2.52. The molecule has 1 aliphatic carbocycles. The van der Waals surface area contributed by atoms with E-state index in [1.807, 2.05) is 18.2 Å². The van der Waals surface area contributed by atoms with Crippen LogP contribution in [0.15, 0.2) is 18.2 Å². The van der Waals surface area contributed by atoms with E-state index in [9.17, 15) is 4.79 Å². The standard InChI is InChI=1S/C22H33N3O3/c1-16(2)15-23-20(26)17-6-7-19-18(14-17)24-22(8-4-3-5-9-22)21(28-19)25-10-12-27-13-11-25/h6-7,14,16,21,24H,3-5,8-13,15H2,1-2H3,(H,23,26). The van der Waals surface area contributed by atoms with Crippen LogP contribution >= 0.6 is 0 Å². The van der Waals surface area contributed by atoms with Crippen LogP contribution in [0.4, 0.5) is 5.69 Å². The predicted octanol–water partition coefficient (Wildman–Crippen LogP) is 3.24. The molecule has 1 spiro atoms. The van der Waals surface area contributed by atoms with Gasteiger partial charge in [-0.2, -0.15) is 0 Å². The first-order valence-corrected chi connectivity index (χ1v) is 10.8. The summed E-state index contributed by atoms with van der Waals surface area (Å²) < 4.78 is 12.1. The number of rotatable bonds is 4. The van der Waals surface area contributed by atoms with Gasteiger partial charge < -0.3 is 20.1 Å². The van der Waals surface area contributed by atoms with Crippen molar-refractivity contribution in [1.29, 1.82) is 0 Å². The van der Waals surface area contributed by atoms with Crippen molar-refractivity contribution >= 4 is 11.6 Å². The predicted molar refractivity (Wildman–Crippen MR) is 110 cm³/mol. The van der Waals surface area contributed by atoms with Gasteiger partial charge in [-0.25, -0.2) is 0 Å². The molecule has 3 aliphatic rings. The second kappa shape index (κ2) is 8.29. The Morgan fingerprint density at radius 3 is 2.71 bits per heavy atom. The van der Waals surface area contributed by atoms with E-state index >= 15 is 0 Å². The molecular formula is C22H33N3O3. The first-order valence-electron chi connectivity index (χ1n) is 10.8. The fourth-order valence-electron chi connectivity index (χ4n) is 4.62. The highest BCUT2D eigenvalue weighted by Crippen LogP contribution is 2.44. The third kappa shape index (κ3) is 3.98. The number of nitrogens with one attached hydrogen (secondary N) is 2. The maximum absolute atomic E-state index is 12.5. The second-order valence-corrected chi connectivity index (χ2v) is 8.78. The first kappa shape index (κ1) is 19.5. The molecule has 1 amide bonds. The maximum Gasteiger partial charge on any atom is 0.251 e. The van der Waals surface area contributed by atoms with Crippen LogP contribution in [-0.4, -0.2) is 55.4 Å². The molecule has 0 radical (unpaired) electrons. The number of hydrogen-bond acceptors (Lipinski definition) is 5. The van der Waals surface area contributed by atoms with E-state index in [1.54, 1.807) is 0 Å². The number of morpholine rings is 1. The molecule has 1 saturated carbocycles. The molecule has 2 fully saturated rings. The normalized spacial score (nSPS) is 24.3. The van der Waals surface area contributed by atoms with E-state index in [2.05, 4.69) is 29.4 Å². The molecule has 1 saturated heterocycles. The van der Waals surface area contributed by atoms with E-state index < -0.39 is 0 Å². The molecule has 6 heteroatoms. The number of carbonyl (C=O) groups excluding carboxylic acids is 1. The quantitative estimate of drug-likeness (QED) is 0.830. The van der Waals surface area contributed by atoms with E-state index in [-0.39, 0.29) is 17.7 Å². The number of benzene rings is 1. The van der Waals surface area contributed by atoms with Crippen LogP contribution in [-0.2, 0) is 4.74 Å². The van der Waals surface area contributed by atoms with E-state index in [4.69, 9.17) is 9.47 Å². The molecule has 1 atom stereocenters. The minimum atomic E-state index is -0.0877. The molecular weight excluding hydrogens is 354 g/mol. The zero-order chi connectivity index (χ0) is 19.6. The third-order valence-electron chi connectivity index (χ3n) is 6.13. The van der Waals surface area contributed by atoms with E-state index in [0.717, 1.165) is 50.6 Å². The van der Waals surface area contributed by atoms with Gasteiger partial charge in [0.05, 0.1) is 24.4 Å². The van der Waals surface area contributed by atoms with Gasteiger partial charge >= 0.3 is 0 Å². The van der Waals surface area contributed by atoms with Gasteiger partial charge in [0.2, 0.25) is 0 Å². The summed E-state index contributed by atoms with van der Waals surface area (Å²) in [4.78, 5) is 14.9. The zero-order valence-corrected chi connectivity index (χ0v) is 17.1. The maximum atomic E-state index is 12.5. The zero-order valence-electron chi connectivity index (χ0n) is 17.1. The first-order chi connectivity index (χ1) is 13.6. The van der Waals surface area contributed by atoms with Crippen LogP contribution in [0.25, 0.3) is 0 Å². The summed E-state index contributed by atoms with van der Waals surface area (Å²) >= 11 is 0. The summed E-state index contributed by atoms with van der Waals surface area (Å²) in [6, 6.07) is 5.76. The van der Waals surface area contributed by atoms with Crippen molar-refractivity contribution in [3.8, 4) is 5.75 Å². The molecule has 2 N–H and O–H groups in total. The van der Waals surface area contributed by atoms with Gasteiger partial charge in [-0.3, -0.25) is 9.69 Å². The molecule has 1 unspecified atom stereocenters. The molecule has 154 valence electrons.